The molecule has 6 bridgehead atoms. The van der Waals surface area contributed by atoms with Crippen LogP contribution in [0.1, 0.15) is 38.5 Å². The van der Waals surface area contributed by atoms with Crippen molar-refractivity contribution in [3.8, 4) is 0 Å². The predicted molar refractivity (Wildman–Crippen MR) is 108 cm³/mol. The van der Waals surface area contributed by atoms with Crippen molar-refractivity contribution < 1.29 is 28.5 Å². The number of rotatable bonds is 3. The molecule has 0 spiro atoms. The average Bonchev–Trinajstić information content (AvgIpc) is 3.59. The molecule has 13 unspecified atom stereocenters. The average molecular weight is 429 g/mol. The van der Waals surface area contributed by atoms with Gasteiger partial charge in [0.2, 0.25) is 6.29 Å². The molecule has 1 aliphatic heterocycles. The molecule has 6 fully saturated rings. The van der Waals surface area contributed by atoms with Crippen molar-refractivity contribution in [2.24, 2.45) is 65.1 Å². The predicted octanol–water partition coefficient (Wildman–Crippen LogP) is 3.79. The Balaban J connectivity index is 1.14. The van der Waals surface area contributed by atoms with Gasteiger partial charge in [-0.2, -0.15) is 0 Å². The van der Waals surface area contributed by atoms with Gasteiger partial charge in [0, 0.05) is 12.3 Å². The molecular weight excluding hydrogens is 396 g/mol. The first-order valence-corrected chi connectivity index (χ1v) is 12.4. The van der Waals surface area contributed by atoms with Crippen LogP contribution in [0.4, 0.5) is 4.79 Å². The molecule has 0 aromatic heterocycles. The Morgan fingerprint density at radius 1 is 0.839 bits per heavy atom. The van der Waals surface area contributed by atoms with Gasteiger partial charge in [-0.25, -0.2) is 4.79 Å². The summed E-state index contributed by atoms with van der Waals surface area (Å²) in [4.78, 5) is 25.5. The Morgan fingerprint density at radius 3 is 2.23 bits per heavy atom. The first kappa shape index (κ1) is 19.0. The molecule has 1 saturated heterocycles. The van der Waals surface area contributed by atoms with Crippen LogP contribution in [0.3, 0.4) is 0 Å². The van der Waals surface area contributed by atoms with E-state index in [1.165, 1.54) is 20.0 Å². The van der Waals surface area contributed by atoms with Crippen LogP contribution in [0.15, 0.2) is 12.2 Å². The molecule has 0 radical (unpaired) electrons. The Morgan fingerprint density at radius 2 is 1.55 bits per heavy atom. The summed E-state index contributed by atoms with van der Waals surface area (Å²) in [5.74, 6) is 5.82. The third kappa shape index (κ3) is 2.49. The maximum atomic E-state index is 12.8. The first-order chi connectivity index (χ1) is 15.2. The van der Waals surface area contributed by atoms with E-state index in [-0.39, 0.29) is 23.7 Å². The molecule has 31 heavy (non-hydrogen) atoms. The zero-order chi connectivity index (χ0) is 20.9. The fraction of sp³-hybridized carbons (Fsp3) is 0.840. The van der Waals surface area contributed by atoms with Crippen LogP contribution in [-0.2, 0) is 23.7 Å². The van der Waals surface area contributed by atoms with E-state index < -0.39 is 18.5 Å². The Hall–Kier alpha value is -1.56. The summed E-state index contributed by atoms with van der Waals surface area (Å²) in [6.45, 7) is 0.614. The number of fused-ring (bicyclic) bond motifs is 16. The van der Waals surface area contributed by atoms with Gasteiger partial charge in [0.25, 0.3) is 0 Å². The van der Waals surface area contributed by atoms with Crippen LogP contribution < -0.4 is 0 Å². The minimum atomic E-state index is -0.682. The standard InChI is InChI=1S/C25H32O6/c1-28-24(26)22-15-10-16(23(22)31-25(27)30-17-4-2-3-7-29-17)21-14-9-13(20(15)21)18-11-5-6-12(8-11)19(14)18/h5-6,11-23H,2-4,7-10H2,1H3. The summed E-state index contributed by atoms with van der Waals surface area (Å²) in [6, 6.07) is 0. The molecule has 7 aliphatic rings. The lowest BCUT2D eigenvalue weighted by molar-refractivity contribution is -0.167. The van der Waals surface area contributed by atoms with Crippen LogP contribution in [0, 0.1) is 65.1 Å². The van der Waals surface area contributed by atoms with Gasteiger partial charge in [0.15, 0.2) is 0 Å². The lowest BCUT2D eigenvalue weighted by Gasteiger charge is -2.47. The highest BCUT2D eigenvalue weighted by atomic mass is 16.8. The summed E-state index contributed by atoms with van der Waals surface area (Å²) in [5, 5.41) is 0. The molecule has 0 amide bonds. The molecule has 5 saturated carbocycles. The normalized spacial score (nSPS) is 54.7. The fourth-order valence-corrected chi connectivity index (χ4v) is 9.87. The molecule has 13 atom stereocenters. The summed E-state index contributed by atoms with van der Waals surface area (Å²) in [6.07, 6.45) is 9.66. The first-order valence-electron chi connectivity index (χ1n) is 12.4. The number of ether oxygens (including phenoxy) is 4. The molecule has 6 nitrogen and oxygen atoms in total. The molecule has 1 heterocycles. The van der Waals surface area contributed by atoms with E-state index >= 15 is 0 Å². The molecule has 7 rings (SSSR count). The lowest BCUT2D eigenvalue weighted by Crippen LogP contribution is -2.50. The fourth-order valence-electron chi connectivity index (χ4n) is 9.87. The Bertz CT molecular complexity index is 817. The van der Waals surface area contributed by atoms with Gasteiger partial charge >= 0.3 is 12.1 Å². The van der Waals surface area contributed by atoms with Crippen LogP contribution in [-0.4, -0.2) is 38.2 Å². The van der Waals surface area contributed by atoms with Crippen LogP contribution in [0.2, 0.25) is 0 Å². The minimum absolute atomic E-state index is 0.218. The number of allylic oxidation sites excluding steroid dienone is 2. The molecule has 0 aromatic rings. The second-order valence-corrected chi connectivity index (χ2v) is 11.2. The number of esters is 1. The van der Waals surface area contributed by atoms with E-state index in [0.29, 0.717) is 24.9 Å². The van der Waals surface area contributed by atoms with E-state index in [9.17, 15) is 9.59 Å². The maximum Gasteiger partial charge on any atom is 0.510 e. The highest BCUT2D eigenvalue weighted by molar-refractivity contribution is 5.75. The minimum Gasteiger partial charge on any atom is -0.469 e. The summed E-state index contributed by atoms with van der Waals surface area (Å²) in [7, 11) is 1.45. The van der Waals surface area contributed by atoms with Gasteiger partial charge in [-0.05, 0) is 85.4 Å². The largest absolute Gasteiger partial charge is 0.510 e. The highest BCUT2D eigenvalue weighted by Crippen LogP contribution is 2.76. The highest BCUT2D eigenvalue weighted by Gasteiger charge is 2.74. The quantitative estimate of drug-likeness (QED) is 0.387. The second kappa shape index (κ2) is 6.72. The van der Waals surface area contributed by atoms with Crippen LogP contribution in [0.25, 0.3) is 0 Å². The van der Waals surface area contributed by atoms with Crippen molar-refractivity contribution in [2.45, 2.75) is 50.9 Å². The van der Waals surface area contributed by atoms with Gasteiger partial charge < -0.3 is 18.9 Å². The van der Waals surface area contributed by atoms with Crippen molar-refractivity contribution >= 4 is 12.1 Å². The molecule has 0 aromatic carbocycles. The number of methoxy groups -OCH3 is 1. The van der Waals surface area contributed by atoms with Crippen molar-refractivity contribution in [3.63, 3.8) is 0 Å². The summed E-state index contributed by atoms with van der Waals surface area (Å²) >= 11 is 0. The Kier molecular flexibility index (Phi) is 4.11. The van der Waals surface area contributed by atoms with Gasteiger partial charge in [-0.15, -0.1) is 0 Å². The van der Waals surface area contributed by atoms with Gasteiger partial charge in [-0.1, -0.05) is 12.2 Å². The van der Waals surface area contributed by atoms with Gasteiger partial charge in [0.1, 0.15) is 6.10 Å². The monoisotopic (exact) mass is 428 g/mol. The van der Waals surface area contributed by atoms with E-state index in [2.05, 4.69) is 12.2 Å². The molecular formula is C25H32O6. The van der Waals surface area contributed by atoms with Gasteiger partial charge in [0.05, 0.1) is 19.6 Å². The van der Waals surface area contributed by atoms with Crippen molar-refractivity contribution in [1.29, 1.82) is 0 Å². The topological polar surface area (TPSA) is 71.1 Å². The smallest absolute Gasteiger partial charge is 0.469 e. The second-order valence-electron chi connectivity index (χ2n) is 11.2. The van der Waals surface area contributed by atoms with Crippen LogP contribution >= 0.6 is 0 Å². The zero-order valence-electron chi connectivity index (χ0n) is 18.1. The summed E-state index contributed by atoms with van der Waals surface area (Å²) < 4.78 is 22.1. The van der Waals surface area contributed by atoms with Crippen molar-refractivity contribution in [2.75, 3.05) is 13.7 Å². The molecule has 6 heteroatoms. The van der Waals surface area contributed by atoms with E-state index in [1.54, 1.807) is 0 Å². The van der Waals surface area contributed by atoms with E-state index in [1.807, 2.05) is 0 Å². The van der Waals surface area contributed by atoms with Crippen LogP contribution in [0.5, 0.6) is 0 Å². The molecule has 0 N–H and O–H groups in total. The van der Waals surface area contributed by atoms with Gasteiger partial charge in [-0.3, -0.25) is 4.79 Å². The lowest BCUT2D eigenvalue weighted by atomic mass is 9.59. The van der Waals surface area contributed by atoms with Crippen molar-refractivity contribution in [3.05, 3.63) is 12.2 Å². The SMILES string of the molecule is COC(=O)C1C2CC(C1OC(=O)OC1CCCCO1)C1C3CC(C4C5C=CC(C5)C34)C21. The molecule has 168 valence electrons. The Labute approximate surface area is 183 Å². The summed E-state index contributed by atoms with van der Waals surface area (Å²) in [5.41, 5.74) is 0. The third-order valence-corrected chi connectivity index (χ3v) is 10.4. The zero-order valence-corrected chi connectivity index (χ0v) is 18.1. The molecule has 6 aliphatic carbocycles. The van der Waals surface area contributed by atoms with E-state index in [4.69, 9.17) is 18.9 Å². The van der Waals surface area contributed by atoms with E-state index in [0.717, 1.165) is 54.8 Å². The number of hydrogen-bond acceptors (Lipinski definition) is 6. The number of hydrogen-bond donors (Lipinski definition) is 0. The third-order valence-electron chi connectivity index (χ3n) is 10.4. The van der Waals surface area contributed by atoms with Crippen molar-refractivity contribution in [1.82, 2.24) is 0 Å². The maximum absolute atomic E-state index is 12.8. The number of carbonyl (C=O) groups is 2. The number of carbonyl (C=O) groups excluding carboxylic acids is 2.